The molecule has 0 fully saturated rings. The van der Waals surface area contributed by atoms with E-state index in [0.29, 0.717) is 18.7 Å². The van der Waals surface area contributed by atoms with Crippen LogP contribution in [0.5, 0.6) is 0 Å². The molecule has 1 heterocycles. The van der Waals surface area contributed by atoms with Gasteiger partial charge in [0.25, 0.3) is 0 Å². The molecular weight excluding hydrogens is 286 g/mol. The number of hydrogen-bond donors (Lipinski definition) is 2. The zero-order chi connectivity index (χ0) is 16.0. The Labute approximate surface area is 131 Å². The maximum absolute atomic E-state index is 12.6. The van der Waals surface area contributed by atoms with Gasteiger partial charge in [-0.05, 0) is 26.7 Å². The summed E-state index contributed by atoms with van der Waals surface area (Å²) < 4.78 is 5.47. The predicted molar refractivity (Wildman–Crippen MR) is 86.9 cm³/mol. The number of aryl methyl sites for hydroxylation is 2. The Morgan fingerprint density at radius 1 is 1.33 bits per heavy atom. The Kier molecular flexibility index (Phi) is 6.33. The van der Waals surface area contributed by atoms with Crippen LogP contribution in [0.3, 0.4) is 0 Å². The highest BCUT2D eigenvalue weighted by molar-refractivity contribution is 7.80. The molecule has 118 valence electrons. The van der Waals surface area contributed by atoms with Crippen molar-refractivity contribution in [2.75, 3.05) is 0 Å². The smallest absolute Gasteiger partial charge is 0.233 e. The van der Waals surface area contributed by atoms with Crippen molar-refractivity contribution in [3.8, 4) is 0 Å². The van der Waals surface area contributed by atoms with Gasteiger partial charge in [0.05, 0.1) is 22.6 Å². The fourth-order valence-corrected chi connectivity index (χ4v) is 2.80. The first kappa shape index (κ1) is 17.6. The van der Waals surface area contributed by atoms with E-state index < -0.39 is 5.41 Å². The van der Waals surface area contributed by atoms with E-state index >= 15 is 0 Å². The number of aromatic nitrogens is 1. The third kappa shape index (κ3) is 4.03. The lowest BCUT2D eigenvalue weighted by molar-refractivity contribution is -0.128. The maximum Gasteiger partial charge on any atom is 0.233 e. The van der Waals surface area contributed by atoms with E-state index in [-0.39, 0.29) is 17.4 Å². The summed E-state index contributed by atoms with van der Waals surface area (Å²) in [7, 11) is 0. The van der Waals surface area contributed by atoms with Crippen molar-refractivity contribution < 1.29 is 9.21 Å². The molecule has 0 aromatic carbocycles. The van der Waals surface area contributed by atoms with E-state index in [1.807, 2.05) is 27.7 Å². The van der Waals surface area contributed by atoms with Crippen molar-refractivity contribution in [2.24, 2.45) is 11.1 Å². The second kappa shape index (κ2) is 7.54. The third-order valence-electron chi connectivity index (χ3n) is 3.73. The van der Waals surface area contributed by atoms with Gasteiger partial charge in [-0.2, -0.15) is 0 Å². The fourth-order valence-electron chi connectivity index (χ4n) is 2.50. The Bertz CT molecular complexity index is 486. The molecule has 0 saturated carbocycles. The Hall–Kier alpha value is -1.43. The molecule has 1 amide bonds. The van der Waals surface area contributed by atoms with Crippen LogP contribution in [-0.2, 0) is 11.3 Å². The van der Waals surface area contributed by atoms with Crippen LogP contribution in [0.1, 0.15) is 56.9 Å². The molecule has 1 aromatic heterocycles. The minimum atomic E-state index is -0.768. The number of oxazole rings is 1. The van der Waals surface area contributed by atoms with Crippen LogP contribution in [0, 0.1) is 19.3 Å². The van der Waals surface area contributed by atoms with Gasteiger partial charge in [0.15, 0.2) is 0 Å². The molecule has 1 aromatic rings. The number of nitrogens with one attached hydrogen (secondary N) is 1. The van der Waals surface area contributed by atoms with Crippen LogP contribution in [0.4, 0.5) is 0 Å². The van der Waals surface area contributed by atoms with Crippen LogP contribution in [-0.4, -0.2) is 15.9 Å². The lowest BCUT2D eigenvalue weighted by Crippen LogP contribution is -2.48. The second-order valence-corrected chi connectivity index (χ2v) is 5.82. The molecule has 0 radical (unpaired) electrons. The minimum absolute atomic E-state index is 0.132. The van der Waals surface area contributed by atoms with Gasteiger partial charge in [0.1, 0.15) is 5.76 Å². The highest BCUT2D eigenvalue weighted by Crippen LogP contribution is 2.31. The van der Waals surface area contributed by atoms with Gasteiger partial charge in [0, 0.05) is 0 Å². The molecule has 0 spiro atoms. The van der Waals surface area contributed by atoms with E-state index in [1.165, 1.54) is 0 Å². The van der Waals surface area contributed by atoms with E-state index in [1.54, 1.807) is 0 Å². The second-order valence-electron chi connectivity index (χ2n) is 5.38. The molecule has 0 saturated heterocycles. The van der Waals surface area contributed by atoms with Gasteiger partial charge < -0.3 is 15.5 Å². The van der Waals surface area contributed by atoms with E-state index in [0.717, 1.165) is 24.3 Å². The zero-order valence-electron chi connectivity index (χ0n) is 13.3. The van der Waals surface area contributed by atoms with E-state index in [4.69, 9.17) is 22.4 Å². The molecular formula is C15H25N3O2S. The lowest BCUT2D eigenvalue weighted by atomic mass is 9.78. The van der Waals surface area contributed by atoms with Crippen LogP contribution in [0.15, 0.2) is 4.42 Å². The molecule has 0 unspecified atom stereocenters. The first-order chi connectivity index (χ1) is 9.87. The van der Waals surface area contributed by atoms with Crippen molar-refractivity contribution in [2.45, 2.75) is 59.9 Å². The summed E-state index contributed by atoms with van der Waals surface area (Å²) in [5, 5.41) is 2.87. The molecule has 0 aliphatic rings. The lowest BCUT2D eigenvalue weighted by Gasteiger charge is -2.30. The topological polar surface area (TPSA) is 81.2 Å². The highest BCUT2D eigenvalue weighted by Gasteiger charge is 2.39. The molecule has 21 heavy (non-hydrogen) atoms. The quantitative estimate of drug-likeness (QED) is 0.722. The number of rotatable bonds is 8. The number of nitrogens with zero attached hydrogens (tertiary/aromatic N) is 1. The van der Waals surface area contributed by atoms with Crippen molar-refractivity contribution in [3.63, 3.8) is 0 Å². The maximum atomic E-state index is 12.6. The first-order valence-electron chi connectivity index (χ1n) is 7.38. The summed E-state index contributed by atoms with van der Waals surface area (Å²) in [6.07, 6.45) is 3.02. The average molecular weight is 311 g/mol. The minimum Gasteiger partial charge on any atom is -0.444 e. The van der Waals surface area contributed by atoms with Crippen molar-refractivity contribution >= 4 is 23.1 Å². The van der Waals surface area contributed by atoms with E-state index in [2.05, 4.69) is 10.3 Å². The van der Waals surface area contributed by atoms with Crippen LogP contribution < -0.4 is 11.1 Å². The number of amides is 1. The van der Waals surface area contributed by atoms with E-state index in [9.17, 15) is 4.79 Å². The Morgan fingerprint density at radius 2 is 1.90 bits per heavy atom. The van der Waals surface area contributed by atoms with Gasteiger partial charge in [-0.15, -0.1) is 0 Å². The number of carbonyl (C=O) groups excluding carboxylic acids is 1. The summed E-state index contributed by atoms with van der Waals surface area (Å²) in [6.45, 7) is 8.03. The van der Waals surface area contributed by atoms with Gasteiger partial charge >= 0.3 is 0 Å². The standard InChI is InChI=1S/C15H25N3O2S/c1-5-7-15(8-6-2,13(16)21)14(19)17-9-12-18-10(3)11(4)20-12/h5-9H2,1-4H3,(H2,16,21)(H,17,19). The summed E-state index contributed by atoms with van der Waals surface area (Å²) in [6, 6.07) is 0. The summed E-state index contributed by atoms with van der Waals surface area (Å²) >= 11 is 5.17. The zero-order valence-corrected chi connectivity index (χ0v) is 14.1. The molecule has 0 atom stereocenters. The SMILES string of the molecule is CCCC(CCC)(C(=O)NCc1nc(C)c(C)o1)C(N)=S. The predicted octanol–water partition coefficient (Wildman–Crippen LogP) is 2.78. The number of hydrogen-bond acceptors (Lipinski definition) is 4. The Balaban J connectivity index is 2.83. The van der Waals surface area contributed by atoms with Gasteiger partial charge in [-0.1, -0.05) is 38.9 Å². The highest BCUT2D eigenvalue weighted by atomic mass is 32.1. The third-order valence-corrected chi connectivity index (χ3v) is 4.12. The fraction of sp³-hybridized carbons (Fsp3) is 0.667. The average Bonchev–Trinajstić information content (AvgIpc) is 2.74. The first-order valence-corrected chi connectivity index (χ1v) is 7.79. The summed E-state index contributed by atoms with van der Waals surface area (Å²) in [5.74, 6) is 1.14. The van der Waals surface area contributed by atoms with Gasteiger partial charge in [0.2, 0.25) is 11.8 Å². The summed E-state index contributed by atoms with van der Waals surface area (Å²) in [4.78, 5) is 17.1. The number of thiocarbonyl (C=S) groups is 1. The van der Waals surface area contributed by atoms with Gasteiger partial charge in [-0.3, -0.25) is 4.79 Å². The largest absolute Gasteiger partial charge is 0.444 e. The number of carbonyl (C=O) groups is 1. The molecule has 5 nitrogen and oxygen atoms in total. The monoisotopic (exact) mass is 311 g/mol. The van der Waals surface area contributed by atoms with Crippen molar-refractivity contribution in [3.05, 3.63) is 17.3 Å². The molecule has 0 aliphatic carbocycles. The van der Waals surface area contributed by atoms with Crippen LogP contribution in [0.2, 0.25) is 0 Å². The van der Waals surface area contributed by atoms with Crippen molar-refractivity contribution in [1.82, 2.24) is 10.3 Å². The molecule has 0 aliphatic heterocycles. The molecule has 3 N–H and O–H groups in total. The van der Waals surface area contributed by atoms with Crippen LogP contribution >= 0.6 is 12.2 Å². The molecule has 6 heteroatoms. The van der Waals surface area contributed by atoms with Gasteiger partial charge in [-0.25, -0.2) is 4.98 Å². The van der Waals surface area contributed by atoms with Crippen LogP contribution in [0.25, 0.3) is 0 Å². The summed E-state index contributed by atoms with van der Waals surface area (Å²) in [5.41, 5.74) is 5.94. The Morgan fingerprint density at radius 3 is 2.29 bits per heavy atom. The molecule has 0 bridgehead atoms. The van der Waals surface area contributed by atoms with Crippen molar-refractivity contribution in [1.29, 1.82) is 0 Å². The molecule has 1 rings (SSSR count). The normalized spacial score (nSPS) is 11.4. The number of nitrogens with two attached hydrogens (primary N) is 1.